The van der Waals surface area contributed by atoms with Crippen molar-refractivity contribution in [3.05, 3.63) is 46.2 Å². The van der Waals surface area contributed by atoms with Gasteiger partial charge in [0.1, 0.15) is 11.6 Å². The molecule has 2 atom stereocenters. The van der Waals surface area contributed by atoms with Gasteiger partial charge in [0.2, 0.25) is 0 Å². The number of rotatable bonds is 8. The molecule has 0 spiro atoms. The Bertz CT molecular complexity index is 988. The number of hydrogen-bond acceptors (Lipinski definition) is 7. The zero-order chi connectivity index (χ0) is 24.1. The SMILES string of the molecule is COC(=O)NCCN1CCC[C@H](C2CN(c3cncc(N[C@H](C)c4ccc(Cl)cc4Cl)n3)C2)C1. The number of alkyl carbamates (subject to hydrolysis) is 1. The van der Waals surface area contributed by atoms with Gasteiger partial charge in [-0.15, -0.1) is 0 Å². The first-order valence-corrected chi connectivity index (χ1v) is 12.5. The molecule has 2 aliphatic heterocycles. The fraction of sp³-hybridized carbons (Fsp3) is 0.542. The fourth-order valence-electron chi connectivity index (χ4n) is 4.80. The molecule has 1 aromatic heterocycles. The molecule has 1 amide bonds. The number of nitrogens with one attached hydrogen (secondary N) is 2. The van der Waals surface area contributed by atoms with E-state index < -0.39 is 0 Å². The number of carbonyl (C=O) groups is 1. The van der Waals surface area contributed by atoms with Crippen LogP contribution in [0.3, 0.4) is 0 Å². The number of likely N-dealkylation sites (tertiary alicyclic amines) is 1. The lowest BCUT2D eigenvalue weighted by Crippen LogP contribution is -2.54. The maximum atomic E-state index is 11.3. The van der Waals surface area contributed by atoms with Crippen LogP contribution in [0.1, 0.15) is 31.4 Å². The molecule has 0 unspecified atom stereocenters. The van der Waals surface area contributed by atoms with Crippen LogP contribution in [0.4, 0.5) is 16.4 Å². The smallest absolute Gasteiger partial charge is 0.406 e. The van der Waals surface area contributed by atoms with Gasteiger partial charge in [-0.25, -0.2) is 9.78 Å². The molecule has 2 saturated heterocycles. The number of halogens is 2. The van der Waals surface area contributed by atoms with Gasteiger partial charge in [-0.05, 0) is 55.8 Å². The van der Waals surface area contributed by atoms with E-state index >= 15 is 0 Å². The van der Waals surface area contributed by atoms with Crippen LogP contribution in [0, 0.1) is 11.8 Å². The average molecular weight is 507 g/mol. The zero-order valence-electron chi connectivity index (χ0n) is 19.6. The third kappa shape index (κ3) is 6.23. The minimum Gasteiger partial charge on any atom is -0.453 e. The van der Waals surface area contributed by atoms with E-state index in [1.54, 1.807) is 12.3 Å². The summed E-state index contributed by atoms with van der Waals surface area (Å²) in [5, 5.41) is 7.42. The maximum Gasteiger partial charge on any atom is 0.406 e. The Balaban J connectivity index is 1.27. The summed E-state index contributed by atoms with van der Waals surface area (Å²) in [7, 11) is 1.39. The number of anilines is 2. The van der Waals surface area contributed by atoms with Crippen molar-refractivity contribution in [3.63, 3.8) is 0 Å². The van der Waals surface area contributed by atoms with Crippen LogP contribution in [0.25, 0.3) is 0 Å². The number of ether oxygens (including phenoxy) is 1. The standard InChI is InChI=1S/C24H32Cl2N6O2/c1-16(20-6-5-19(25)10-21(20)26)29-22-11-27-12-23(30-22)32-14-18(15-32)17-4-3-8-31(13-17)9-7-28-24(33)34-2/h5-6,10-12,16-18H,3-4,7-9,13-15H2,1-2H3,(H,28,33)(H,29,30)/t16-,17+/m1/s1. The quantitative estimate of drug-likeness (QED) is 0.546. The van der Waals surface area contributed by atoms with E-state index in [1.165, 1.54) is 20.0 Å². The van der Waals surface area contributed by atoms with Gasteiger partial charge in [-0.2, -0.15) is 0 Å². The molecule has 4 rings (SSSR count). The van der Waals surface area contributed by atoms with Gasteiger partial charge in [0.05, 0.1) is 25.5 Å². The largest absolute Gasteiger partial charge is 0.453 e. The van der Waals surface area contributed by atoms with Crippen molar-refractivity contribution >= 4 is 40.9 Å². The molecule has 3 heterocycles. The number of aromatic nitrogens is 2. The lowest BCUT2D eigenvalue weighted by Gasteiger charge is -2.47. The molecule has 2 fully saturated rings. The summed E-state index contributed by atoms with van der Waals surface area (Å²) in [6.07, 6.45) is 5.65. The number of carbonyl (C=O) groups excluding carboxylic acids is 1. The van der Waals surface area contributed by atoms with Gasteiger partial charge in [0, 0.05) is 42.8 Å². The van der Waals surface area contributed by atoms with E-state index in [1.807, 2.05) is 25.3 Å². The highest BCUT2D eigenvalue weighted by Gasteiger charge is 2.36. The maximum absolute atomic E-state index is 11.3. The Kier molecular flexibility index (Phi) is 8.34. The van der Waals surface area contributed by atoms with Gasteiger partial charge < -0.3 is 25.2 Å². The van der Waals surface area contributed by atoms with E-state index in [9.17, 15) is 4.79 Å². The van der Waals surface area contributed by atoms with Crippen LogP contribution >= 0.6 is 23.2 Å². The summed E-state index contributed by atoms with van der Waals surface area (Å²) in [4.78, 5) is 25.2. The van der Waals surface area contributed by atoms with Gasteiger partial charge in [0.15, 0.2) is 0 Å². The Morgan fingerprint density at radius 3 is 2.82 bits per heavy atom. The third-order valence-electron chi connectivity index (χ3n) is 6.74. The van der Waals surface area contributed by atoms with E-state index in [0.717, 1.165) is 49.9 Å². The molecule has 2 aromatic rings. The summed E-state index contributed by atoms with van der Waals surface area (Å²) in [5.74, 6) is 2.94. The molecule has 1 aromatic carbocycles. The van der Waals surface area contributed by atoms with Crippen LogP contribution in [0.5, 0.6) is 0 Å². The highest BCUT2D eigenvalue weighted by atomic mass is 35.5. The van der Waals surface area contributed by atoms with Crippen molar-refractivity contribution in [2.24, 2.45) is 11.8 Å². The van der Waals surface area contributed by atoms with Gasteiger partial charge >= 0.3 is 6.09 Å². The molecule has 0 radical (unpaired) electrons. The Morgan fingerprint density at radius 2 is 2.06 bits per heavy atom. The van der Waals surface area contributed by atoms with Crippen molar-refractivity contribution in [2.75, 3.05) is 56.6 Å². The topological polar surface area (TPSA) is 82.6 Å². The van der Waals surface area contributed by atoms with Crippen molar-refractivity contribution in [1.29, 1.82) is 0 Å². The first-order chi connectivity index (χ1) is 16.4. The Labute approximate surface area is 211 Å². The monoisotopic (exact) mass is 506 g/mol. The zero-order valence-corrected chi connectivity index (χ0v) is 21.1. The second-order valence-electron chi connectivity index (χ2n) is 9.08. The van der Waals surface area contributed by atoms with E-state index in [4.69, 9.17) is 28.2 Å². The highest BCUT2D eigenvalue weighted by Crippen LogP contribution is 2.34. The van der Waals surface area contributed by atoms with E-state index in [2.05, 4.69) is 30.2 Å². The van der Waals surface area contributed by atoms with Crippen LogP contribution in [0.2, 0.25) is 10.0 Å². The Morgan fingerprint density at radius 1 is 1.24 bits per heavy atom. The molecule has 8 nitrogen and oxygen atoms in total. The summed E-state index contributed by atoms with van der Waals surface area (Å²) < 4.78 is 4.64. The number of methoxy groups -OCH3 is 1. The molecule has 2 aliphatic rings. The normalized spacial score (nSPS) is 19.9. The van der Waals surface area contributed by atoms with Gasteiger partial charge in [-0.3, -0.25) is 4.98 Å². The summed E-state index contributed by atoms with van der Waals surface area (Å²) in [6, 6.07) is 5.49. The van der Waals surface area contributed by atoms with Crippen molar-refractivity contribution in [2.45, 2.75) is 25.8 Å². The molecule has 184 valence electrons. The third-order valence-corrected chi connectivity index (χ3v) is 7.30. The second kappa shape index (κ2) is 11.4. The number of hydrogen-bond donors (Lipinski definition) is 2. The van der Waals surface area contributed by atoms with Gasteiger partial charge in [0.25, 0.3) is 0 Å². The summed E-state index contributed by atoms with van der Waals surface area (Å²) in [6.45, 7) is 7.67. The second-order valence-corrected chi connectivity index (χ2v) is 9.92. The number of amides is 1. The lowest BCUT2D eigenvalue weighted by atomic mass is 9.80. The van der Waals surface area contributed by atoms with Crippen LogP contribution in [-0.4, -0.2) is 67.3 Å². The van der Waals surface area contributed by atoms with Crippen molar-refractivity contribution in [1.82, 2.24) is 20.2 Å². The van der Waals surface area contributed by atoms with E-state index in [-0.39, 0.29) is 12.1 Å². The molecule has 2 N–H and O–H groups in total. The first-order valence-electron chi connectivity index (χ1n) is 11.8. The summed E-state index contributed by atoms with van der Waals surface area (Å²) in [5.41, 5.74) is 0.964. The predicted octanol–water partition coefficient (Wildman–Crippen LogP) is 4.46. The molecule has 0 saturated carbocycles. The van der Waals surface area contributed by atoms with Crippen LogP contribution in [-0.2, 0) is 4.74 Å². The van der Waals surface area contributed by atoms with Gasteiger partial charge in [-0.1, -0.05) is 29.3 Å². The van der Waals surface area contributed by atoms with E-state index in [0.29, 0.717) is 28.4 Å². The number of nitrogens with zero attached hydrogens (tertiary/aromatic N) is 4. The Hall–Kier alpha value is -2.29. The molecule has 10 heteroatoms. The highest BCUT2D eigenvalue weighted by molar-refractivity contribution is 6.35. The fourth-order valence-corrected chi connectivity index (χ4v) is 5.37. The molecule has 34 heavy (non-hydrogen) atoms. The lowest BCUT2D eigenvalue weighted by molar-refractivity contribution is 0.118. The first kappa shape index (κ1) is 24.8. The van der Waals surface area contributed by atoms with Crippen LogP contribution in [0.15, 0.2) is 30.6 Å². The molecular weight excluding hydrogens is 475 g/mol. The number of benzene rings is 1. The molecule has 0 aliphatic carbocycles. The molecule has 0 bridgehead atoms. The predicted molar refractivity (Wildman–Crippen MR) is 136 cm³/mol. The van der Waals surface area contributed by atoms with Crippen LogP contribution < -0.4 is 15.5 Å². The summed E-state index contributed by atoms with van der Waals surface area (Å²) >= 11 is 12.4. The average Bonchev–Trinajstić information content (AvgIpc) is 2.78. The number of piperidine rings is 1. The van der Waals surface area contributed by atoms with Crippen molar-refractivity contribution < 1.29 is 9.53 Å². The minimum absolute atomic E-state index is 0.0275. The molecular formula is C24H32Cl2N6O2. The minimum atomic E-state index is -0.369. The van der Waals surface area contributed by atoms with Crippen molar-refractivity contribution in [3.8, 4) is 0 Å².